The Labute approximate surface area is 290 Å². The Kier molecular flexibility index (Phi) is 10.5. The van der Waals surface area contributed by atoms with Crippen LogP contribution >= 0.6 is 0 Å². The third kappa shape index (κ3) is 8.13. The number of aromatic amines is 1. The highest BCUT2D eigenvalue weighted by Crippen LogP contribution is 2.23. The molecule has 0 unspecified atom stereocenters. The summed E-state index contributed by atoms with van der Waals surface area (Å²) in [4.78, 5) is 74.9. The van der Waals surface area contributed by atoms with Gasteiger partial charge < -0.3 is 35.1 Å². The van der Waals surface area contributed by atoms with Crippen LogP contribution in [0.15, 0.2) is 85.1 Å². The zero-order chi connectivity index (χ0) is 35.2. The number of aromatic nitrogens is 1. The fraction of sp³-hybridized carbons (Fsp3) is 0.342. The van der Waals surface area contributed by atoms with Gasteiger partial charge in [0, 0.05) is 62.3 Å². The maximum Gasteiger partial charge on any atom is 0.253 e. The summed E-state index contributed by atoms with van der Waals surface area (Å²) in [6, 6.07) is 22.3. The molecule has 0 spiro atoms. The van der Waals surface area contributed by atoms with Crippen LogP contribution in [-0.2, 0) is 32.0 Å². The van der Waals surface area contributed by atoms with Gasteiger partial charge in [-0.05, 0) is 48.2 Å². The molecule has 1 saturated heterocycles. The zero-order valence-electron chi connectivity index (χ0n) is 28.3. The van der Waals surface area contributed by atoms with Gasteiger partial charge in [0.2, 0.25) is 23.6 Å². The van der Waals surface area contributed by atoms with Gasteiger partial charge in [-0.1, -0.05) is 54.6 Å². The van der Waals surface area contributed by atoms with Crippen molar-refractivity contribution in [3.63, 3.8) is 0 Å². The Morgan fingerprint density at radius 1 is 0.880 bits per heavy atom. The molecule has 12 nitrogen and oxygen atoms in total. The number of H-pyrrole nitrogens is 1. The quantitative estimate of drug-likeness (QED) is 0.274. The summed E-state index contributed by atoms with van der Waals surface area (Å²) in [7, 11) is 3.08. The van der Waals surface area contributed by atoms with Crippen molar-refractivity contribution in [2.24, 2.45) is 0 Å². The lowest BCUT2D eigenvalue weighted by atomic mass is 10.1. The van der Waals surface area contributed by atoms with Crippen molar-refractivity contribution in [2.75, 3.05) is 40.3 Å². The molecule has 3 N–H and O–H groups in total. The number of benzene rings is 3. The highest BCUT2D eigenvalue weighted by molar-refractivity contribution is 5.96. The Hall–Kier alpha value is -5.65. The Morgan fingerprint density at radius 2 is 1.66 bits per heavy atom. The summed E-state index contributed by atoms with van der Waals surface area (Å²) in [5, 5.41) is 6.89. The topological polar surface area (TPSA) is 144 Å². The molecule has 1 aromatic heterocycles. The molecule has 2 aliphatic rings. The Morgan fingerprint density at radius 3 is 2.48 bits per heavy atom. The smallest absolute Gasteiger partial charge is 0.253 e. The van der Waals surface area contributed by atoms with Crippen molar-refractivity contribution in [3.8, 4) is 5.75 Å². The van der Waals surface area contributed by atoms with E-state index in [-0.39, 0.29) is 68.8 Å². The third-order valence-corrected chi connectivity index (χ3v) is 9.32. The number of hydrogen-bond donors (Lipinski definition) is 3. The predicted molar refractivity (Wildman–Crippen MR) is 187 cm³/mol. The van der Waals surface area contributed by atoms with Crippen LogP contribution in [-0.4, -0.2) is 108 Å². The zero-order valence-corrected chi connectivity index (χ0v) is 28.3. The van der Waals surface area contributed by atoms with E-state index in [9.17, 15) is 24.0 Å². The molecular weight excluding hydrogens is 636 g/mol. The van der Waals surface area contributed by atoms with E-state index in [1.807, 2.05) is 60.8 Å². The van der Waals surface area contributed by atoms with Crippen molar-refractivity contribution in [2.45, 2.75) is 43.8 Å². The van der Waals surface area contributed by atoms with E-state index in [0.717, 1.165) is 22.0 Å². The monoisotopic (exact) mass is 678 g/mol. The molecule has 0 saturated carbocycles. The summed E-state index contributed by atoms with van der Waals surface area (Å²) in [5.41, 5.74) is 3.18. The minimum atomic E-state index is -1.08. The number of hydrogen-bond acceptors (Lipinski definition) is 6. The first-order chi connectivity index (χ1) is 24.1. The highest BCUT2D eigenvalue weighted by atomic mass is 16.5. The molecule has 50 heavy (non-hydrogen) atoms. The number of carbonyl (C=O) groups excluding carboxylic acids is 5. The number of amides is 5. The average molecular weight is 679 g/mol. The second-order valence-electron chi connectivity index (χ2n) is 13.1. The van der Waals surface area contributed by atoms with E-state index in [1.54, 1.807) is 36.2 Å². The van der Waals surface area contributed by atoms with E-state index in [1.165, 1.54) is 16.8 Å². The van der Waals surface area contributed by atoms with E-state index < -0.39 is 18.0 Å². The van der Waals surface area contributed by atoms with Crippen molar-refractivity contribution < 1.29 is 28.7 Å². The standard InChI is InChI=1S/C38H42N6O6/c1-42-22-33(41-34(45)16-15-25-9-4-3-5-10-25)38(49)43(2)23-36(47)44-21-28(19-29(44)24-50-30-12-8-11-26(17-30)37(42)48)40-35(46)18-27-20-39-32-14-7-6-13-31(27)32/h3-14,17,20,28-29,33,39H,15-16,18-19,21-24H2,1-2H3,(H,40,46)(H,41,45)/t28-,29-,33+/m0/s1. The second-order valence-corrected chi connectivity index (χ2v) is 13.1. The van der Waals surface area contributed by atoms with E-state index in [2.05, 4.69) is 15.6 Å². The second kappa shape index (κ2) is 15.3. The van der Waals surface area contributed by atoms with Crippen molar-refractivity contribution >= 4 is 40.4 Å². The molecule has 3 heterocycles. The number of carbonyl (C=O) groups is 5. The van der Waals surface area contributed by atoms with E-state index in [4.69, 9.17) is 4.74 Å². The van der Waals surface area contributed by atoms with Crippen LogP contribution < -0.4 is 15.4 Å². The largest absolute Gasteiger partial charge is 0.491 e. The van der Waals surface area contributed by atoms with Crippen LogP contribution in [0, 0.1) is 0 Å². The first-order valence-electron chi connectivity index (χ1n) is 16.8. The van der Waals surface area contributed by atoms with Crippen LogP contribution in [0.4, 0.5) is 0 Å². The summed E-state index contributed by atoms with van der Waals surface area (Å²) >= 11 is 0. The maximum atomic E-state index is 13.8. The number of fused-ring (bicyclic) bond motifs is 4. The van der Waals surface area contributed by atoms with Gasteiger partial charge in [0.1, 0.15) is 18.4 Å². The molecule has 3 atom stereocenters. The molecule has 1 fully saturated rings. The minimum absolute atomic E-state index is 0.102. The van der Waals surface area contributed by atoms with Crippen molar-refractivity contribution in [1.82, 2.24) is 30.3 Å². The number of rotatable bonds is 7. The fourth-order valence-electron chi connectivity index (χ4n) is 6.69. The molecule has 4 aromatic rings. The first kappa shape index (κ1) is 34.2. The maximum absolute atomic E-state index is 13.8. The number of nitrogens with one attached hydrogen (secondary N) is 3. The van der Waals surface area contributed by atoms with Crippen LogP contribution in [0.3, 0.4) is 0 Å². The van der Waals surface area contributed by atoms with Crippen LogP contribution in [0.25, 0.3) is 10.9 Å². The number of ether oxygens (including phenoxy) is 1. The van der Waals surface area contributed by atoms with Crippen molar-refractivity contribution in [1.29, 1.82) is 0 Å². The number of para-hydroxylation sites is 1. The number of likely N-dealkylation sites (N-methyl/N-ethyl adjacent to an activating group) is 2. The predicted octanol–water partition coefficient (Wildman–Crippen LogP) is 2.54. The number of aryl methyl sites for hydroxylation is 1. The fourth-order valence-corrected chi connectivity index (χ4v) is 6.69. The van der Waals surface area contributed by atoms with Gasteiger partial charge in [-0.15, -0.1) is 0 Å². The Balaban J connectivity index is 1.18. The molecule has 2 aliphatic heterocycles. The van der Waals surface area contributed by atoms with Crippen molar-refractivity contribution in [3.05, 3.63) is 102 Å². The van der Waals surface area contributed by atoms with Crippen LogP contribution in [0.5, 0.6) is 5.75 Å². The molecule has 2 bridgehead atoms. The average Bonchev–Trinajstić information content (AvgIpc) is 3.72. The molecule has 5 amide bonds. The van der Waals surface area contributed by atoms with Gasteiger partial charge in [0.25, 0.3) is 5.91 Å². The molecule has 12 heteroatoms. The summed E-state index contributed by atoms with van der Waals surface area (Å²) in [6.07, 6.45) is 3.10. The summed E-state index contributed by atoms with van der Waals surface area (Å²) < 4.78 is 6.12. The van der Waals surface area contributed by atoms with Gasteiger partial charge >= 0.3 is 0 Å². The normalized spacial score (nSPS) is 20.2. The van der Waals surface area contributed by atoms with Gasteiger partial charge in [-0.2, -0.15) is 0 Å². The lowest BCUT2D eigenvalue weighted by Gasteiger charge is -2.30. The minimum Gasteiger partial charge on any atom is -0.491 e. The molecular formula is C38H42N6O6. The van der Waals surface area contributed by atoms with Gasteiger partial charge in [-0.3, -0.25) is 24.0 Å². The van der Waals surface area contributed by atoms with Crippen LogP contribution in [0.2, 0.25) is 0 Å². The first-order valence-corrected chi connectivity index (χ1v) is 16.8. The van der Waals surface area contributed by atoms with Gasteiger partial charge in [-0.25, -0.2) is 0 Å². The SMILES string of the molecule is CN1C[C@@H](NC(=O)CCc2ccccc2)C(=O)N(C)CC(=O)N2C[C@@H](NC(=O)Cc3c[nH]c4ccccc34)C[C@H]2COc2cccc(c2)C1=O. The molecule has 3 aromatic carbocycles. The van der Waals surface area contributed by atoms with E-state index in [0.29, 0.717) is 24.2 Å². The lowest BCUT2D eigenvalue weighted by molar-refractivity contribution is -0.142. The highest BCUT2D eigenvalue weighted by Gasteiger charge is 2.38. The molecule has 0 aliphatic carbocycles. The summed E-state index contributed by atoms with van der Waals surface area (Å²) in [5.74, 6) is -1.20. The third-order valence-electron chi connectivity index (χ3n) is 9.32. The Bertz CT molecular complexity index is 1880. The molecule has 260 valence electrons. The molecule has 0 radical (unpaired) electrons. The van der Waals surface area contributed by atoms with E-state index >= 15 is 0 Å². The summed E-state index contributed by atoms with van der Waals surface area (Å²) in [6.45, 7) is 0.0175. The number of nitrogens with zero attached hydrogens (tertiary/aromatic N) is 3. The lowest BCUT2D eigenvalue weighted by Crippen LogP contribution is -2.55. The van der Waals surface area contributed by atoms with Crippen LogP contribution in [0.1, 0.15) is 34.3 Å². The van der Waals surface area contributed by atoms with Gasteiger partial charge in [0.15, 0.2) is 0 Å². The molecule has 6 rings (SSSR count). The van der Waals surface area contributed by atoms with Gasteiger partial charge in [0.05, 0.1) is 19.0 Å².